The van der Waals surface area contributed by atoms with Gasteiger partial charge < -0.3 is 10.4 Å². The maximum atomic E-state index is 12.5. The number of amides is 3. The van der Waals surface area contributed by atoms with Crippen molar-refractivity contribution in [3.05, 3.63) is 76.7 Å². The number of carbonyl (C=O) groups is 3. The second-order valence-electron chi connectivity index (χ2n) is 6.63. The molecule has 1 unspecified atom stereocenters. The smallest absolute Gasteiger partial charge is 0.293 e. The predicted molar refractivity (Wildman–Crippen MR) is 113 cm³/mol. The highest BCUT2D eigenvalue weighted by Crippen LogP contribution is 2.32. The largest absolute Gasteiger partial charge is 0.394 e. The topological polar surface area (TPSA) is 86.7 Å². The van der Waals surface area contributed by atoms with Crippen molar-refractivity contribution in [2.45, 2.75) is 18.9 Å². The molecule has 1 aliphatic heterocycles. The highest BCUT2D eigenvalue weighted by atomic mass is 32.2. The molecule has 0 saturated carbocycles. The van der Waals surface area contributed by atoms with Gasteiger partial charge in [-0.1, -0.05) is 60.7 Å². The summed E-state index contributed by atoms with van der Waals surface area (Å²) >= 11 is 0.875. The number of hydrogen-bond acceptors (Lipinski definition) is 5. The van der Waals surface area contributed by atoms with Gasteiger partial charge in [0.1, 0.15) is 0 Å². The van der Waals surface area contributed by atoms with E-state index in [1.807, 2.05) is 60.7 Å². The normalized spacial score (nSPS) is 16.3. The predicted octanol–water partition coefficient (Wildman–Crippen LogP) is 2.83. The minimum Gasteiger partial charge on any atom is -0.394 e. The number of rotatable bonds is 8. The first-order valence-corrected chi connectivity index (χ1v) is 10.1. The van der Waals surface area contributed by atoms with Crippen LogP contribution in [0.3, 0.4) is 0 Å². The molecule has 7 heteroatoms. The number of carbonyl (C=O) groups excluding carboxylic acids is 3. The van der Waals surface area contributed by atoms with Gasteiger partial charge in [-0.15, -0.1) is 0 Å². The van der Waals surface area contributed by atoms with E-state index >= 15 is 0 Å². The molecule has 29 heavy (non-hydrogen) atoms. The summed E-state index contributed by atoms with van der Waals surface area (Å²) in [6, 6.07) is 18.4. The number of aliphatic hydroxyl groups is 1. The maximum Gasteiger partial charge on any atom is 0.293 e. The lowest BCUT2D eigenvalue weighted by molar-refractivity contribution is -0.124. The third-order valence-corrected chi connectivity index (χ3v) is 5.35. The van der Waals surface area contributed by atoms with Crippen molar-refractivity contribution in [2.24, 2.45) is 0 Å². The summed E-state index contributed by atoms with van der Waals surface area (Å²) in [6.45, 7) is -0.186. The summed E-state index contributed by atoms with van der Waals surface area (Å²) in [7, 11) is 0. The molecule has 1 fully saturated rings. The van der Waals surface area contributed by atoms with Crippen LogP contribution in [0.1, 0.15) is 17.5 Å². The van der Waals surface area contributed by atoms with Crippen molar-refractivity contribution in [1.29, 1.82) is 0 Å². The molecule has 1 heterocycles. The fraction of sp³-hybridized carbons (Fsp3) is 0.227. The fourth-order valence-electron chi connectivity index (χ4n) is 2.97. The quantitative estimate of drug-likeness (QED) is 0.654. The van der Waals surface area contributed by atoms with Crippen LogP contribution in [0, 0.1) is 0 Å². The van der Waals surface area contributed by atoms with Crippen LogP contribution in [0.5, 0.6) is 0 Å². The lowest BCUT2D eigenvalue weighted by Gasteiger charge is -2.18. The number of benzene rings is 2. The summed E-state index contributed by atoms with van der Waals surface area (Å²) in [5.74, 6) is -0.703. The Kier molecular flexibility index (Phi) is 7.21. The fourth-order valence-corrected chi connectivity index (χ4v) is 3.83. The number of nitrogens with one attached hydrogen (secondary N) is 1. The molecule has 1 atom stereocenters. The lowest BCUT2D eigenvalue weighted by Crippen LogP contribution is -2.41. The van der Waals surface area contributed by atoms with E-state index in [9.17, 15) is 19.5 Å². The Balaban J connectivity index is 1.53. The van der Waals surface area contributed by atoms with Crippen molar-refractivity contribution < 1.29 is 19.5 Å². The van der Waals surface area contributed by atoms with Gasteiger partial charge in [-0.2, -0.15) is 0 Å². The minimum absolute atomic E-state index is 0.00607. The highest BCUT2D eigenvalue weighted by molar-refractivity contribution is 8.18. The summed E-state index contributed by atoms with van der Waals surface area (Å²) in [4.78, 5) is 38.4. The van der Waals surface area contributed by atoms with Crippen molar-refractivity contribution in [1.82, 2.24) is 10.2 Å². The Morgan fingerprint density at radius 1 is 1.07 bits per heavy atom. The van der Waals surface area contributed by atoms with Crippen LogP contribution < -0.4 is 5.32 Å². The Morgan fingerprint density at radius 3 is 2.38 bits per heavy atom. The van der Waals surface area contributed by atoms with Gasteiger partial charge in [0.05, 0.1) is 17.6 Å². The average Bonchev–Trinajstić information content (AvgIpc) is 3.00. The molecule has 0 spiro atoms. The van der Waals surface area contributed by atoms with E-state index in [1.165, 1.54) is 0 Å². The van der Waals surface area contributed by atoms with Gasteiger partial charge in [-0.25, -0.2) is 0 Å². The molecule has 6 nitrogen and oxygen atoms in total. The molecule has 3 rings (SSSR count). The van der Waals surface area contributed by atoms with E-state index in [2.05, 4.69) is 5.32 Å². The summed E-state index contributed by atoms with van der Waals surface area (Å²) in [5, 5.41) is 11.9. The Labute approximate surface area is 173 Å². The SMILES string of the molecule is O=C(CCN1C(=O)S/C(=C\c2ccccc2)C1=O)NC(CO)Cc1ccccc1. The second-order valence-corrected chi connectivity index (χ2v) is 7.62. The van der Waals surface area contributed by atoms with E-state index in [0.717, 1.165) is 27.8 Å². The zero-order chi connectivity index (χ0) is 20.6. The molecule has 1 saturated heterocycles. The standard InChI is InChI=1S/C22H22N2O4S/c25-15-18(13-16-7-3-1-4-8-16)23-20(26)11-12-24-21(27)19(29-22(24)28)14-17-9-5-2-6-10-17/h1-10,14,18,25H,11-13,15H2,(H,23,26)/b19-14-. The lowest BCUT2D eigenvalue weighted by atomic mass is 10.1. The number of hydrogen-bond donors (Lipinski definition) is 2. The van der Waals surface area contributed by atoms with E-state index in [0.29, 0.717) is 11.3 Å². The van der Waals surface area contributed by atoms with Crippen LogP contribution in [0.2, 0.25) is 0 Å². The minimum atomic E-state index is -0.419. The number of nitrogens with zero attached hydrogens (tertiary/aromatic N) is 1. The maximum absolute atomic E-state index is 12.5. The van der Waals surface area contributed by atoms with E-state index in [4.69, 9.17) is 0 Å². The van der Waals surface area contributed by atoms with Gasteiger partial charge >= 0.3 is 0 Å². The molecule has 3 amide bonds. The average molecular weight is 410 g/mol. The molecule has 2 aromatic carbocycles. The monoisotopic (exact) mass is 410 g/mol. The first-order chi connectivity index (χ1) is 14.1. The molecule has 0 bridgehead atoms. The van der Waals surface area contributed by atoms with E-state index in [1.54, 1.807) is 6.08 Å². The molecule has 1 aliphatic rings. The van der Waals surface area contributed by atoms with Gasteiger partial charge in [0.25, 0.3) is 11.1 Å². The van der Waals surface area contributed by atoms with Crippen LogP contribution in [0.25, 0.3) is 6.08 Å². The summed E-state index contributed by atoms with van der Waals surface area (Å²) in [5.41, 5.74) is 1.84. The highest BCUT2D eigenvalue weighted by Gasteiger charge is 2.35. The third kappa shape index (κ3) is 5.79. The van der Waals surface area contributed by atoms with Crippen molar-refractivity contribution in [3.8, 4) is 0 Å². The van der Waals surface area contributed by atoms with Gasteiger partial charge in [-0.05, 0) is 35.4 Å². The van der Waals surface area contributed by atoms with Crippen LogP contribution in [0.4, 0.5) is 4.79 Å². The number of imide groups is 1. The van der Waals surface area contributed by atoms with Gasteiger partial charge in [-0.3, -0.25) is 19.3 Å². The van der Waals surface area contributed by atoms with Crippen molar-refractivity contribution >= 4 is 34.9 Å². The van der Waals surface area contributed by atoms with E-state index < -0.39 is 6.04 Å². The van der Waals surface area contributed by atoms with Crippen LogP contribution in [0.15, 0.2) is 65.6 Å². The van der Waals surface area contributed by atoms with Crippen molar-refractivity contribution in [3.63, 3.8) is 0 Å². The first-order valence-electron chi connectivity index (χ1n) is 9.31. The Hall–Kier alpha value is -2.90. The molecule has 0 aliphatic carbocycles. The summed E-state index contributed by atoms with van der Waals surface area (Å²) < 4.78 is 0. The van der Waals surface area contributed by atoms with Crippen LogP contribution in [-0.2, 0) is 16.0 Å². The van der Waals surface area contributed by atoms with Crippen LogP contribution >= 0.6 is 11.8 Å². The molecule has 0 aromatic heterocycles. The summed E-state index contributed by atoms with van der Waals surface area (Å²) in [6.07, 6.45) is 2.17. The zero-order valence-electron chi connectivity index (χ0n) is 15.8. The van der Waals surface area contributed by atoms with Gasteiger partial charge in [0.15, 0.2) is 0 Å². The molecular formula is C22H22N2O4S. The molecule has 2 N–H and O–H groups in total. The number of thioether (sulfide) groups is 1. The number of aliphatic hydroxyl groups excluding tert-OH is 1. The van der Waals surface area contributed by atoms with Crippen molar-refractivity contribution in [2.75, 3.05) is 13.2 Å². The molecular weight excluding hydrogens is 388 g/mol. The second kappa shape index (κ2) is 10.0. The first kappa shape index (κ1) is 20.8. The van der Waals surface area contributed by atoms with Gasteiger partial charge in [0, 0.05) is 13.0 Å². The van der Waals surface area contributed by atoms with Gasteiger partial charge in [0.2, 0.25) is 5.91 Å². The third-order valence-electron chi connectivity index (χ3n) is 4.44. The molecule has 150 valence electrons. The molecule has 0 radical (unpaired) electrons. The Bertz CT molecular complexity index is 900. The Morgan fingerprint density at radius 2 is 1.72 bits per heavy atom. The zero-order valence-corrected chi connectivity index (χ0v) is 16.6. The molecule has 2 aromatic rings. The van der Waals surface area contributed by atoms with Crippen LogP contribution in [-0.4, -0.2) is 46.3 Å². The van der Waals surface area contributed by atoms with E-state index in [-0.39, 0.29) is 36.6 Å².